The highest BCUT2D eigenvalue weighted by Crippen LogP contribution is 2.40. The molecule has 2 aliphatic heterocycles. The van der Waals surface area contributed by atoms with Gasteiger partial charge in [-0.25, -0.2) is 18.1 Å². The molecule has 3 aromatic rings. The molecule has 5 heterocycles. The van der Waals surface area contributed by atoms with Crippen LogP contribution in [0, 0.1) is 0 Å². The molecule has 2 atom stereocenters. The highest BCUT2D eigenvalue weighted by Gasteiger charge is 2.54. The van der Waals surface area contributed by atoms with Crippen molar-refractivity contribution in [3.05, 3.63) is 41.6 Å². The van der Waals surface area contributed by atoms with E-state index in [4.69, 9.17) is 11.5 Å². The van der Waals surface area contributed by atoms with Gasteiger partial charge in [-0.1, -0.05) is 14.8 Å². The average molecular weight is 582 g/mol. The first-order valence-corrected chi connectivity index (χ1v) is 12.9. The number of hydrogen-bond donors (Lipinski definition) is 4. The molecule has 0 radical (unpaired) electrons. The number of nitrogens with two attached hydrogens (primary N) is 2. The maximum Gasteiger partial charge on any atom is 0.352 e. The van der Waals surface area contributed by atoms with Gasteiger partial charge in [0.05, 0.1) is 6.20 Å². The van der Waals surface area contributed by atoms with Crippen LogP contribution in [0.1, 0.15) is 5.82 Å². The van der Waals surface area contributed by atoms with Crippen molar-refractivity contribution in [2.24, 2.45) is 5.16 Å². The Hall–Kier alpha value is -4.39. The number of oxime groups is 1. The molecule has 0 saturated carbocycles. The van der Waals surface area contributed by atoms with Crippen LogP contribution in [-0.2, 0) is 25.8 Å². The molecule has 15 nitrogen and oxygen atoms in total. The number of thioether (sulfide) groups is 1. The van der Waals surface area contributed by atoms with E-state index in [-0.39, 0.29) is 29.0 Å². The number of amides is 2. The molecule has 6 N–H and O–H groups in total. The number of anilines is 2. The smallest absolute Gasteiger partial charge is 0.352 e. The van der Waals surface area contributed by atoms with Gasteiger partial charge in [0.25, 0.3) is 24.1 Å². The van der Waals surface area contributed by atoms with Crippen molar-refractivity contribution in [3.8, 4) is 0 Å². The molecule has 0 aromatic carbocycles. The van der Waals surface area contributed by atoms with Gasteiger partial charge in [-0.05, 0) is 6.07 Å². The molecule has 1 saturated heterocycles. The van der Waals surface area contributed by atoms with E-state index < -0.39 is 47.9 Å². The first kappa shape index (κ1) is 26.2. The summed E-state index contributed by atoms with van der Waals surface area (Å²) in [5.41, 5.74) is 11.9. The second kappa shape index (κ2) is 10.4. The minimum absolute atomic E-state index is 0.0109. The lowest BCUT2D eigenvalue weighted by Gasteiger charge is -2.49. The molecule has 0 bridgehead atoms. The third kappa shape index (κ3) is 4.92. The number of aliphatic carboxylic acids is 1. The fourth-order valence-corrected chi connectivity index (χ4v) is 5.85. The fourth-order valence-electron chi connectivity index (χ4n) is 4.08. The van der Waals surface area contributed by atoms with Gasteiger partial charge in [-0.2, -0.15) is 9.36 Å². The maximum absolute atomic E-state index is 13.1. The summed E-state index contributed by atoms with van der Waals surface area (Å²) >= 11 is 1.98. The molecule has 39 heavy (non-hydrogen) atoms. The van der Waals surface area contributed by atoms with Crippen LogP contribution >= 0.6 is 23.3 Å². The van der Waals surface area contributed by atoms with E-state index in [1.165, 1.54) is 16.3 Å². The van der Waals surface area contributed by atoms with E-state index in [0.29, 0.717) is 17.0 Å². The minimum atomic E-state index is -2.85. The van der Waals surface area contributed by atoms with Crippen LogP contribution in [-0.4, -0.2) is 82.7 Å². The van der Waals surface area contributed by atoms with Gasteiger partial charge in [0.1, 0.15) is 23.7 Å². The Morgan fingerprint density at radius 3 is 2.87 bits per heavy atom. The Bertz CT molecular complexity index is 1540. The molecule has 204 valence electrons. The van der Waals surface area contributed by atoms with Crippen LogP contribution in [0.4, 0.5) is 19.7 Å². The monoisotopic (exact) mass is 581 g/mol. The maximum atomic E-state index is 13.1. The van der Waals surface area contributed by atoms with E-state index >= 15 is 0 Å². The third-order valence-electron chi connectivity index (χ3n) is 5.68. The lowest BCUT2D eigenvalue weighted by atomic mass is 10.0. The van der Waals surface area contributed by atoms with E-state index in [9.17, 15) is 28.3 Å². The van der Waals surface area contributed by atoms with Gasteiger partial charge in [0, 0.05) is 28.9 Å². The van der Waals surface area contributed by atoms with Gasteiger partial charge in [-0.3, -0.25) is 14.5 Å². The van der Waals surface area contributed by atoms with Crippen LogP contribution in [0.5, 0.6) is 0 Å². The highest BCUT2D eigenvalue weighted by atomic mass is 32.2. The number of nitrogen functional groups attached to an aromatic ring is 2. The number of carbonyl (C=O) groups is 3. The third-order valence-corrected chi connectivity index (χ3v) is 7.56. The van der Waals surface area contributed by atoms with Gasteiger partial charge < -0.3 is 26.7 Å². The van der Waals surface area contributed by atoms with Crippen LogP contribution in [0.3, 0.4) is 0 Å². The molecule has 1 fully saturated rings. The summed E-state index contributed by atoms with van der Waals surface area (Å²) in [6, 6.07) is 2.34. The van der Waals surface area contributed by atoms with Gasteiger partial charge in [0.15, 0.2) is 17.9 Å². The highest BCUT2D eigenvalue weighted by molar-refractivity contribution is 8.00. The number of carbonyl (C=O) groups excluding carboxylic acids is 2. The van der Waals surface area contributed by atoms with Crippen molar-refractivity contribution in [1.29, 1.82) is 0 Å². The van der Waals surface area contributed by atoms with Crippen LogP contribution in [0.2, 0.25) is 0 Å². The quantitative estimate of drug-likeness (QED) is 0.105. The molecule has 2 amide bonds. The van der Waals surface area contributed by atoms with E-state index in [0.717, 1.165) is 16.4 Å². The zero-order valence-corrected chi connectivity index (χ0v) is 21.2. The summed E-state index contributed by atoms with van der Waals surface area (Å²) in [5.74, 6) is -2.67. The second-order valence-electron chi connectivity index (χ2n) is 8.18. The number of nitrogens with zero attached hydrogens (tertiary/aromatic N) is 7. The zero-order chi connectivity index (χ0) is 27.8. The standard InChI is InChI=1S/C20H18F2N10O5S2/c21-9(22)6-37-28-12(15-27-20(24)39-29-15)16(33)26-13-17(34)31-14(19(35)36)8(7-38-18(13)31)4-30-5-10(23)32-11(30)2-1-3-25-32/h1-3,5,9,13,18H,4,6-7H2,(H5-,23,24,25,26,27,29,33,35,36)/p+1/b28-12-/t13-,18-/m1/s1. The molecule has 3 aromatic heterocycles. The molecule has 0 unspecified atom stereocenters. The number of rotatable bonds is 9. The fraction of sp³-hybridized carbons (Fsp3) is 0.300. The van der Waals surface area contributed by atoms with Crippen molar-refractivity contribution in [2.75, 3.05) is 23.8 Å². The van der Waals surface area contributed by atoms with Crippen molar-refractivity contribution < 1.29 is 37.7 Å². The van der Waals surface area contributed by atoms with Gasteiger partial charge in [0.2, 0.25) is 11.5 Å². The largest absolute Gasteiger partial charge is 0.477 e. The number of nitrogens with one attached hydrogen (secondary N) is 1. The van der Waals surface area contributed by atoms with Crippen LogP contribution in [0.25, 0.3) is 5.65 Å². The summed E-state index contributed by atoms with van der Waals surface area (Å²) in [6.45, 7) is -0.957. The molecule has 0 spiro atoms. The first-order chi connectivity index (χ1) is 18.7. The Labute approximate surface area is 225 Å². The number of carboxylic acids is 1. The summed E-state index contributed by atoms with van der Waals surface area (Å²) in [4.78, 5) is 47.7. The lowest BCUT2D eigenvalue weighted by Crippen LogP contribution is -2.71. The van der Waals surface area contributed by atoms with Crippen LogP contribution < -0.4 is 21.4 Å². The van der Waals surface area contributed by atoms with Crippen molar-refractivity contribution in [1.82, 2.24) is 29.2 Å². The number of hydrogen-bond acceptors (Lipinski definition) is 12. The number of imidazole rings is 1. The topological polar surface area (TPSA) is 207 Å². The van der Waals surface area contributed by atoms with E-state index in [1.807, 2.05) is 0 Å². The van der Waals surface area contributed by atoms with Crippen molar-refractivity contribution in [3.63, 3.8) is 0 Å². The Morgan fingerprint density at radius 2 is 2.18 bits per heavy atom. The van der Waals surface area contributed by atoms with Crippen molar-refractivity contribution in [2.45, 2.75) is 24.4 Å². The number of aromatic nitrogens is 5. The molecule has 5 rings (SSSR count). The summed E-state index contributed by atoms with van der Waals surface area (Å²) < 4.78 is 32.0. The number of halogens is 2. The predicted molar refractivity (Wildman–Crippen MR) is 132 cm³/mol. The van der Waals surface area contributed by atoms with Gasteiger partial charge in [-0.15, -0.1) is 11.8 Å². The number of carboxylic acid groups (broad SMARTS) is 1. The molecular formula is C20H19F2N10O5S2+. The summed E-state index contributed by atoms with van der Waals surface area (Å²) in [7, 11) is 0. The summed E-state index contributed by atoms with van der Waals surface area (Å²) in [6.07, 6.45) is 0.325. The van der Waals surface area contributed by atoms with Crippen LogP contribution in [0.15, 0.2) is 41.0 Å². The first-order valence-electron chi connectivity index (χ1n) is 11.1. The molecular weight excluding hydrogens is 562 g/mol. The zero-order valence-electron chi connectivity index (χ0n) is 19.6. The average Bonchev–Trinajstić information content (AvgIpc) is 3.47. The lowest BCUT2D eigenvalue weighted by molar-refractivity contribution is -0.662. The van der Waals surface area contributed by atoms with E-state index in [2.05, 4.69) is 29.8 Å². The predicted octanol–water partition coefficient (Wildman–Crippen LogP) is -0.938. The van der Waals surface area contributed by atoms with E-state index in [1.54, 1.807) is 29.1 Å². The number of alkyl halides is 2. The Kier molecular flexibility index (Phi) is 7.00. The van der Waals surface area contributed by atoms with Gasteiger partial charge >= 0.3 is 11.6 Å². The minimum Gasteiger partial charge on any atom is -0.477 e. The SMILES string of the molecule is Nc1nc(/C(=N/OCC(F)F)C(=O)N[C@@H]2C(=O)N3C(C(=O)O)=C(C[n+]4cc(N)n5ncccc54)CS[C@H]23)ns1. The molecule has 19 heteroatoms. The normalized spacial score (nSPS) is 19.3. The Balaban J connectivity index is 1.36. The second-order valence-corrected chi connectivity index (χ2v) is 10.1. The Morgan fingerprint density at radius 1 is 1.38 bits per heavy atom. The number of fused-ring (bicyclic) bond motifs is 2. The molecule has 2 aliphatic rings. The molecule has 0 aliphatic carbocycles. The number of β-lactam (4-membered cyclic amide) rings is 1. The summed E-state index contributed by atoms with van der Waals surface area (Å²) in [5, 5.41) is 19.2. The van der Waals surface area contributed by atoms with Crippen molar-refractivity contribution >= 4 is 63.4 Å².